The Kier molecular flexibility index (Phi) is 5.41. The lowest BCUT2D eigenvalue weighted by Gasteiger charge is -2.32. The molecule has 0 spiro atoms. The van der Waals surface area contributed by atoms with Gasteiger partial charge in [-0.25, -0.2) is 0 Å². The first kappa shape index (κ1) is 13.8. The van der Waals surface area contributed by atoms with Crippen molar-refractivity contribution in [2.75, 3.05) is 39.5 Å². The van der Waals surface area contributed by atoms with E-state index in [1.165, 1.54) is 0 Å². The highest BCUT2D eigenvalue weighted by Crippen LogP contribution is 2.11. The van der Waals surface area contributed by atoms with Gasteiger partial charge in [0.05, 0.1) is 19.1 Å². The lowest BCUT2D eigenvalue weighted by Crippen LogP contribution is -2.51. The third-order valence-corrected chi connectivity index (χ3v) is 3.56. The van der Waals surface area contributed by atoms with Crippen molar-refractivity contribution in [3.8, 4) is 0 Å². The first-order valence-corrected chi connectivity index (χ1v) is 6.96. The zero-order valence-corrected chi connectivity index (χ0v) is 11.2. The molecule has 1 N–H and O–H groups in total. The van der Waals surface area contributed by atoms with Crippen molar-refractivity contribution >= 4 is 5.91 Å². The Balaban J connectivity index is 1.61. The summed E-state index contributed by atoms with van der Waals surface area (Å²) in [6.45, 7) is 6.76. The van der Waals surface area contributed by atoms with Gasteiger partial charge in [0.2, 0.25) is 5.91 Å². The number of nitrogens with zero attached hydrogens (tertiary/aromatic N) is 1. The summed E-state index contributed by atoms with van der Waals surface area (Å²) in [7, 11) is 0. The minimum absolute atomic E-state index is 0.218. The van der Waals surface area contributed by atoms with Gasteiger partial charge in [0.1, 0.15) is 0 Å². The molecule has 2 heterocycles. The average molecular weight is 256 g/mol. The lowest BCUT2D eigenvalue weighted by atomic mass is 10.1. The molecule has 2 aliphatic rings. The predicted molar refractivity (Wildman–Crippen MR) is 68.5 cm³/mol. The standard InChI is InChI=1S/C13H24N2O3/c1-11-10-15(6-5-14-11)13(16)4-9-18-12-2-7-17-8-3-12/h11-12,14H,2-10H2,1H3/t11-/m0/s1. The van der Waals surface area contributed by atoms with Gasteiger partial charge in [-0.3, -0.25) is 4.79 Å². The van der Waals surface area contributed by atoms with Crippen LogP contribution < -0.4 is 5.32 Å². The van der Waals surface area contributed by atoms with E-state index in [0.717, 1.165) is 45.7 Å². The Hall–Kier alpha value is -0.650. The summed E-state index contributed by atoms with van der Waals surface area (Å²) in [4.78, 5) is 13.9. The Labute approximate surface area is 109 Å². The lowest BCUT2D eigenvalue weighted by molar-refractivity contribution is -0.134. The van der Waals surface area contributed by atoms with Gasteiger partial charge >= 0.3 is 0 Å². The van der Waals surface area contributed by atoms with E-state index in [2.05, 4.69) is 12.2 Å². The molecule has 5 nitrogen and oxygen atoms in total. The van der Waals surface area contributed by atoms with Gasteiger partial charge in [-0.05, 0) is 19.8 Å². The normalized spacial score (nSPS) is 26.3. The molecular weight excluding hydrogens is 232 g/mol. The molecule has 2 aliphatic heterocycles. The molecule has 0 aromatic heterocycles. The molecule has 18 heavy (non-hydrogen) atoms. The van der Waals surface area contributed by atoms with Crippen molar-refractivity contribution in [1.82, 2.24) is 10.2 Å². The van der Waals surface area contributed by atoms with Crippen LogP contribution in [0.4, 0.5) is 0 Å². The van der Waals surface area contributed by atoms with E-state index in [4.69, 9.17) is 9.47 Å². The van der Waals surface area contributed by atoms with Crippen LogP contribution in [-0.4, -0.2) is 62.4 Å². The molecule has 0 saturated carbocycles. The Morgan fingerprint density at radius 3 is 2.94 bits per heavy atom. The number of hydrogen-bond acceptors (Lipinski definition) is 4. The van der Waals surface area contributed by atoms with Crippen LogP contribution in [0.1, 0.15) is 26.2 Å². The molecule has 2 saturated heterocycles. The minimum Gasteiger partial charge on any atom is -0.381 e. The zero-order valence-electron chi connectivity index (χ0n) is 11.2. The zero-order chi connectivity index (χ0) is 12.8. The van der Waals surface area contributed by atoms with Crippen LogP contribution in [-0.2, 0) is 14.3 Å². The summed E-state index contributed by atoms with van der Waals surface area (Å²) in [6.07, 6.45) is 2.70. The summed E-state index contributed by atoms with van der Waals surface area (Å²) >= 11 is 0. The fraction of sp³-hybridized carbons (Fsp3) is 0.923. The summed E-state index contributed by atoms with van der Waals surface area (Å²) in [6, 6.07) is 0.402. The third-order valence-electron chi connectivity index (χ3n) is 3.56. The van der Waals surface area contributed by atoms with E-state index < -0.39 is 0 Å². The van der Waals surface area contributed by atoms with E-state index in [1.54, 1.807) is 0 Å². The van der Waals surface area contributed by atoms with Crippen molar-refractivity contribution in [3.63, 3.8) is 0 Å². The topological polar surface area (TPSA) is 50.8 Å². The van der Waals surface area contributed by atoms with Gasteiger partial charge in [-0.1, -0.05) is 0 Å². The summed E-state index contributed by atoms with van der Waals surface area (Å²) in [5, 5.41) is 3.34. The number of nitrogens with one attached hydrogen (secondary N) is 1. The molecule has 2 rings (SSSR count). The molecule has 0 radical (unpaired) electrons. The fourth-order valence-corrected chi connectivity index (χ4v) is 2.47. The largest absolute Gasteiger partial charge is 0.381 e. The highest BCUT2D eigenvalue weighted by molar-refractivity contribution is 5.76. The Morgan fingerprint density at radius 2 is 2.22 bits per heavy atom. The number of carbonyl (C=O) groups excluding carboxylic acids is 1. The molecule has 2 fully saturated rings. The first-order valence-electron chi connectivity index (χ1n) is 6.96. The van der Waals surface area contributed by atoms with E-state index in [0.29, 0.717) is 19.1 Å². The number of rotatable bonds is 4. The maximum atomic E-state index is 12.0. The molecule has 104 valence electrons. The second-order valence-corrected chi connectivity index (χ2v) is 5.13. The van der Waals surface area contributed by atoms with Gasteiger partial charge in [0, 0.05) is 38.9 Å². The Bertz CT molecular complexity index is 267. The van der Waals surface area contributed by atoms with Crippen LogP contribution in [0.25, 0.3) is 0 Å². The number of hydrogen-bond donors (Lipinski definition) is 1. The summed E-state index contributed by atoms with van der Waals surface area (Å²) < 4.78 is 11.0. The number of piperazine rings is 1. The smallest absolute Gasteiger partial charge is 0.224 e. The van der Waals surface area contributed by atoms with Crippen LogP contribution in [0.3, 0.4) is 0 Å². The number of carbonyl (C=O) groups is 1. The van der Waals surface area contributed by atoms with E-state index in [9.17, 15) is 4.79 Å². The molecule has 0 aliphatic carbocycles. The SMILES string of the molecule is C[C@H]1CN(C(=O)CCOC2CCOCC2)CCN1. The predicted octanol–water partition coefficient (Wildman–Crippen LogP) is 0.392. The van der Waals surface area contributed by atoms with Gasteiger partial charge in [0.15, 0.2) is 0 Å². The van der Waals surface area contributed by atoms with Crippen LogP contribution in [0.5, 0.6) is 0 Å². The minimum atomic E-state index is 0.218. The maximum absolute atomic E-state index is 12.0. The second kappa shape index (κ2) is 7.07. The van der Waals surface area contributed by atoms with E-state index in [-0.39, 0.29) is 12.0 Å². The molecule has 0 aromatic carbocycles. The van der Waals surface area contributed by atoms with Gasteiger partial charge < -0.3 is 19.7 Å². The maximum Gasteiger partial charge on any atom is 0.224 e. The van der Waals surface area contributed by atoms with Gasteiger partial charge in [0.25, 0.3) is 0 Å². The number of ether oxygens (including phenoxy) is 2. The molecule has 1 atom stereocenters. The van der Waals surface area contributed by atoms with Crippen LogP contribution in [0.15, 0.2) is 0 Å². The highest BCUT2D eigenvalue weighted by Gasteiger charge is 2.20. The van der Waals surface area contributed by atoms with Crippen molar-refractivity contribution < 1.29 is 14.3 Å². The van der Waals surface area contributed by atoms with Crippen molar-refractivity contribution in [2.24, 2.45) is 0 Å². The quantitative estimate of drug-likeness (QED) is 0.790. The van der Waals surface area contributed by atoms with Gasteiger partial charge in [-0.15, -0.1) is 0 Å². The van der Waals surface area contributed by atoms with Crippen LogP contribution in [0, 0.1) is 0 Å². The van der Waals surface area contributed by atoms with Gasteiger partial charge in [-0.2, -0.15) is 0 Å². The molecule has 0 aromatic rings. The fourth-order valence-electron chi connectivity index (χ4n) is 2.47. The Morgan fingerprint density at radius 1 is 1.44 bits per heavy atom. The monoisotopic (exact) mass is 256 g/mol. The second-order valence-electron chi connectivity index (χ2n) is 5.13. The first-order chi connectivity index (χ1) is 8.75. The third kappa shape index (κ3) is 4.23. The number of amides is 1. The molecule has 0 bridgehead atoms. The van der Waals surface area contributed by atoms with E-state index >= 15 is 0 Å². The van der Waals surface area contributed by atoms with Crippen LogP contribution in [0.2, 0.25) is 0 Å². The molecule has 0 unspecified atom stereocenters. The van der Waals surface area contributed by atoms with Crippen molar-refractivity contribution in [1.29, 1.82) is 0 Å². The van der Waals surface area contributed by atoms with E-state index in [1.807, 2.05) is 4.90 Å². The molecule has 1 amide bonds. The summed E-state index contributed by atoms with van der Waals surface area (Å²) in [5.74, 6) is 0.218. The highest BCUT2D eigenvalue weighted by atomic mass is 16.5. The molecular formula is C13H24N2O3. The average Bonchev–Trinajstić information content (AvgIpc) is 2.40. The summed E-state index contributed by atoms with van der Waals surface area (Å²) in [5.41, 5.74) is 0. The van der Waals surface area contributed by atoms with Crippen molar-refractivity contribution in [3.05, 3.63) is 0 Å². The van der Waals surface area contributed by atoms with Crippen LogP contribution >= 0.6 is 0 Å². The van der Waals surface area contributed by atoms with Crippen molar-refractivity contribution in [2.45, 2.75) is 38.3 Å². The molecule has 5 heteroatoms.